The van der Waals surface area contributed by atoms with Crippen LogP contribution in [0.4, 0.5) is 10.1 Å². The lowest BCUT2D eigenvalue weighted by atomic mass is 10.00. The number of carbonyl (C=O) groups is 2. The van der Waals surface area contributed by atoms with Crippen LogP contribution in [0.15, 0.2) is 48.5 Å². The monoisotopic (exact) mass is 454 g/mol. The normalized spacial score (nSPS) is 15.9. The fourth-order valence-electron chi connectivity index (χ4n) is 4.03. The van der Waals surface area contributed by atoms with E-state index in [-0.39, 0.29) is 30.2 Å². The molecular weight excluding hydrogens is 419 g/mol. The molecule has 6 nitrogen and oxygen atoms in total. The minimum Gasteiger partial charge on any atom is -0.348 e. The molecule has 1 fully saturated rings. The van der Waals surface area contributed by atoms with Crippen LogP contribution in [-0.4, -0.2) is 60.9 Å². The second kappa shape index (κ2) is 11.9. The standard InChI is InChI=1S/C26H35FN4O2/c1-19(2)16-21-4-6-22(7-5-21)20(3)28-25(32)17-30-12-14-31(15-13-30)18-26(33)29-24-10-8-23(27)9-11-24/h4-11,19-20H,12-18H2,1-3H3,(H,28,32)(H,29,33). The number of hydrogen-bond acceptors (Lipinski definition) is 4. The number of rotatable bonds is 9. The van der Waals surface area contributed by atoms with Crippen molar-refractivity contribution in [1.29, 1.82) is 0 Å². The summed E-state index contributed by atoms with van der Waals surface area (Å²) in [5, 5.41) is 5.88. The van der Waals surface area contributed by atoms with Gasteiger partial charge in [0, 0.05) is 31.9 Å². The average Bonchev–Trinajstić information content (AvgIpc) is 2.76. The molecule has 0 bridgehead atoms. The molecule has 0 saturated carbocycles. The molecule has 2 N–H and O–H groups in total. The number of carbonyl (C=O) groups excluding carboxylic acids is 2. The van der Waals surface area contributed by atoms with Gasteiger partial charge >= 0.3 is 0 Å². The lowest BCUT2D eigenvalue weighted by Gasteiger charge is -2.34. The third kappa shape index (κ3) is 8.26. The van der Waals surface area contributed by atoms with E-state index in [0.717, 1.165) is 38.2 Å². The van der Waals surface area contributed by atoms with Crippen molar-refractivity contribution >= 4 is 17.5 Å². The molecule has 178 valence electrons. The maximum Gasteiger partial charge on any atom is 0.238 e. The van der Waals surface area contributed by atoms with E-state index in [4.69, 9.17) is 0 Å². The Labute approximate surface area is 196 Å². The van der Waals surface area contributed by atoms with Crippen LogP contribution in [0.1, 0.15) is 37.9 Å². The fourth-order valence-corrected chi connectivity index (χ4v) is 4.03. The van der Waals surface area contributed by atoms with Crippen molar-refractivity contribution in [2.45, 2.75) is 33.2 Å². The first-order valence-corrected chi connectivity index (χ1v) is 11.7. The van der Waals surface area contributed by atoms with Gasteiger partial charge in [-0.1, -0.05) is 38.1 Å². The van der Waals surface area contributed by atoms with Crippen molar-refractivity contribution < 1.29 is 14.0 Å². The zero-order valence-electron chi connectivity index (χ0n) is 19.8. The van der Waals surface area contributed by atoms with Crippen molar-refractivity contribution in [3.63, 3.8) is 0 Å². The number of hydrogen-bond donors (Lipinski definition) is 2. The largest absolute Gasteiger partial charge is 0.348 e. The van der Waals surface area contributed by atoms with Gasteiger partial charge in [-0.05, 0) is 54.7 Å². The van der Waals surface area contributed by atoms with Crippen molar-refractivity contribution in [2.75, 3.05) is 44.6 Å². The number of nitrogens with one attached hydrogen (secondary N) is 2. The highest BCUT2D eigenvalue weighted by molar-refractivity contribution is 5.92. The molecule has 2 aromatic rings. The van der Waals surface area contributed by atoms with Crippen LogP contribution in [0.3, 0.4) is 0 Å². The number of anilines is 1. The second-order valence-corrected chi connectivity index (χ2v) is 9.24. The molecule has 1 saturated heterocycles. The first-order chi connectivity index (χ1) is 15.8. The molecule has 0 radical (unpaired) electrons. The molecule has 7 heteroatoms. The van der Waals surface area contributed by atoms with Gasteiger partial charge in [-0.3, -0.25) is 19.4 Å². The third-order valence-electron chi connectivity index (χ3n) is 5.83. The van der Waals surface area contributed by atoms with Crippen LogP contribution in [0, 0.1) is 11.7 Å². The van der Waals surface area contributed by atoms with Gasteiger partial charge < -0.3 is 10.6 Å². The number of piperazine rings is 1. The number of halogens is 1. The summed E-state index contributed by atoms with van der Waals surface area (Å²) in [6.07, 6.45) is 1.06. The highest BCUT2D eigenvalue weighted by Gasteiger charge is 2.21. The number of benzene rings is 2. The maximum absolute atomic E-state index is 13.0. The fraction of sp³-hybridized carbons (Fsp3) is 0.462. The molecule has 1 unspecified atom stereocenters. The molecule has 33 heavy (non-hydrogen) atoms. The molecule has 1 heterocycles. The molecule has 3 rings (SSSR count). The van der Waals surface area contributed by atoms with E-state index in [1.54, 1.807) is 12.1 Å². The van der Waals surface area contributed by atoms with E-state index in [2.05, 4.69) is 58.5 Å². The quantitative estimate of drug-likeness (QED) is 0.609. The van der Waals surface area contributed by atoms with Crippen LogP contribution in [0.5, 0.6) is 0 Å². The topological polar surface area (TPSA) is 64.7 Å². The molecule has 2 aromatic carbocycles. The molecule has 0 spiro atoms. The first kappa shape index (κ1) is 24.9. The van der Waals surface area contributed by atoms with E-state index in [0.29, 0.717) is 18.2 Å². The van der Waals surface area contributed by atoms with E-state index >= 15 is 0 Å². The molecule has 0 aromatic heterocycles. The second-order valence-electron chi connectivity index (χ2n) is 9.24. The molecule has 1 aliphatic rings. The van der Waals surface area contributed by atoms with Gasteiger partial charge in [0.25, 0.3) is 0 Å². The molecule has 0 aliphatic carbocycles. The zero-order valence-corrected chi connectivity index (χ0v) is 19.8. The Morgan fingerprint density at radius 2 is 1.39 bits per heavy atom. The smallest absolute Gasteiger partial charge is 0.238 e. The predicted molar refractivity (Wildman–Crippen MR) is 129 cm³/mol. The Morgan fingerprint density at radius 3 is 1.94 bits per heavy atom. The van der Waals surface area contributed by atoms with Crippen LogP contribution in [0.2, 0.25) is 0 Å². The van der Waals surface area contributed by atoms with E-state index in [9.17, 15) is 14.0 Å². The Balaban J connectivity index is 1.37. The van der Waals surface area contributed by atoms with Crippen molar-refractivity contribution in [3.05, 3.63) is 65.5 Å². The molecule has 2 amide bonds. The summed E-state index contributed by atoms with van der Waals surface area (Å²) in [6.45, 7) is 9.96. The maximum atomic E-state index is 13.0. The Kier molecular flexibility index (Phi) is 8.97. The lowest BCUT2D eigenvalue weighted by Crippen LogP contribution is -2.51. The van der Waals surface area contributed by atoms with Gasteiger partial charge in [0.15, 0.2) is 0 Å². The third-order valence-corrected chi connectivity index (χ3v) is 5.83. The van der Waals surface area contributed by atoms with Crippen LogP contribution < -0.4 is 10.6 Å². The van der Waals surface area contributed by atoms with Gasteiger partial charge in [0.1, 0.15) is 5.82 Å². The summed E-state index contributed by atoms with van der Waals surface area (Å²) in [7, 11) is 0. The van der Waals surface area contributed by atoms with Crippen molar-refractivity contribution in [2.24, 2.45) is 5.92 Å². The summed E-state index contributed by atoms with van der Waals surface area (Å²) >= 11 is 0. The summed E-state index contributed by atoms with van der Waals surface area (Å²) < 4.78 is 13.0. The van der Waals surface area contributed by atoms with Crippen LogP contribution >= 0.6 is 0 Å². The molecule has 1 atom stereocenters. The average molecular weight is 455 g/mol. The van der Waals surface area contributed by atoms with Gasteiger partial charge in [-0.25, -0.2) is 4.39 Å². The van der Waals surface area contributed by atoms with E-state index < -0.39 is 0 Å². The zero-order chi connectivity index (χ0) is 23.8. The Morgan fingerprint density at radius 1 is 0.848 bits per heavy atom. The van der Waals surface area contributed by atoms with Crippen LogP contribution in [0.25, 0.3) is 0 Å². The minimum absolute atomic E-state index is 0.0104. The Bertz CT molecular complexity index is 907. The summed E-state index contributed by atoms with van der Waals surface area (Å²) in [5.41, 5.74) is 3.00. The van der Waals surface area contributed by atoms with Crippen molar-refractivity contribution in [1.82, 2.24) is 15.1 Å². The van der Waals surface area contributed by atoms with Gasteiger partial charge in [0.05, 0.1) is 19.1 Å². The van der Waals surface area contributed by atoms with E-state index in [1.807, 2.05) is 6.92 Å². The van der Waals surface area contributed by atoms with Crippen molar-refractivity contribution in [3.8, 4) is 0 Å². The summed E-state index contributed by atoms with van der Waals surface area (Å²) in [5.74, 6) is 0.178. The molecule has 1 aliphatic heterocycles. The summed E-state index contributed by atoms with van der Waals surface area (Å²) in [6, 6.07) is 14.2. The summed E-state index contributed by atoms with van der Waals surface area (Å²) in [4.78, 5) is 28.9. The SMILES string of the molecule is CC(C)Cc1ccc(C(C)NC(=O)CN2CCN(CC(=O)Nc3ccc(F)cc3)CC2)cc1. The van der Waals surface area contributed by atoms with Gasteiger partial charge in [0.2, 0.25) is 11.8 Å². The van der Waals surface area contributed by atoms with Crippen LogP contribution in [-0.2, 0) is 16.0 Å². The molecular formula is C26H35FN4O2. The first-order valence-electron chi connectivity index (χ1n) is 11.7. The highest BCUT2D eigenvalue weighted by atomic mass is 19.1. The van der Waals surface area contributed by atoms with Gasteiger partial charge in [-0.2, -0.15) is 0 Å². The van der Waals surface area contributed by atoms with Gasteiger partial charge in [-0.15, -0.1) is 0 Å². The van der Waals surface area contributed by atoms with E-state index in [1.165, 1.54) is 17.7 Å². The highest BCUT2D eigenvalue weighted by Crippen LogP contribution is 2.16. The minimum atomic E-state index is -0.331. The lowest BCUT2D eigenvalue weighted by molar-refractivity contribution is -0.124. The number of nitrogens with zero attached hydrogens (tertiary/aromatic N) is 2. The predicted octanol–water partition coefficient (Wildman–Crippen LogP) is 3.46. The Hall–Kier alpha value is -2.77. The number of amides is 2.